The van der Waals surface area contributed by atoms with Crippen molar-refractivity contribution in [1.82, 2.24) is 5.32 Å². The maximum absolute atomic E-state index is 12.6. The summed E-state index contributed by atoms with van der Waals surface area (Å²) in [6.07, 6.45) is 0.344. The summed E-state index contributed by atoms with van der Waals surface area (Å²) in [5.74, 6) is 0.741. The number of nitrogens with one attached hydrogen (secondary N) is 1. The summed E-state index contributed by atoms with van der Waals surface area (Å²) in [6.45, 7) is 2.34. The standard InChI is InChI=1S/C15H23NO4S/c1-11-15(8-9-20-11)21(17,18)10-13(16-2)12-6-4-5-7-14(12)19-3/h4-7,11,13,15-16H,8-10H2,1-3H3. The Morgan fingerprint density at radius 2 is 2.14 bits per heavy atom. The first-order valence-corrected chi connectivity index (χ1v) is 8.84. The zero-order chi connectivity index (χ0) is 15.5. The number of ether oxygens (including phenoxy) is 2. The van der Waals surface area contributed by atoms with Gasteiger partial charge in [-0.05, 0) is 26.5 Å². The number of hydrogen-bond acceptors (Lipinski definition) is 5. The third-order valence-corrected chi connectivity index (χ3v) is 6.37. The highest BCUT2D eigenvalue weighted by Gasteiger charge is 2.37. The molecule has 0 amide bonds. The van der Waals surface area contributed by atoms with Crippen LogP contribution in [0.3, 0.4) is 0 Å². The molecule has 1 N–H and O–H groups in total. The lowest BCUT2D eigenvalue weighted by atomic mass is 10.1. The molecule has 1 aliphatic rings. The van der Waals surface area contributed by atoms with E-state index < -0.39 is 15.1 Å². The predicted octanol–water partition coefficient (Wildman–Crippen LogP) is 1.55. The number of rotatable bonds is 6. The molecule has 1 aromatic rings. The highest BCUT2D eigenvalue weighted by molar-refractivity contribution is 7.92. The summed E-state index contributed by atoms with van der Waals surface area (Å²) in [4.78, 5) is 0. The van der Waals surface area contributed by atoms with Gasteiger partial charge in [0, 0.05) is 18.2 Å². The third kappa shape index (κ3) is 3.56. The number of benzene rings is 1. The SMILES string of the molecule is CNC(CS(=O)(=O)C1CCOC1C)c1ccccc1OC. The topological polar surface area (TPSA) is 64.6 Å². The van der Waals surface area contributed by atoms with Gasteiger partial charge in [-0.15, -0.1) is 0 Å². The van der Waals surface area contributed by atoms with Gasteiger partial charge in [0.1, 0.15) is 5.75 Å². The summed E-state index contributed by atoms with van der Waals surface area (Å²) in [7, 11) is 0.119. The fourth-order valence-corrected chi connectivity index (χ4v) is 5.00. The summed E-state index contributed by atoms with van der Waals surface area (Å²) in [5.41, 5.74) is 0.859. The maximum Gasteiger partial charge on any atom is 0.157 e. The van der Waals surface area contributed by atoms with E-state index in [1.165, 1.54) is 0 Å². The van der Waals surface area contributed by atoms with E-state index in [2.05, 4.69) is 5.32 Å². The van der Waals surface area contributed by atoms with Gasteiger partial charge in [-0.25, -0.2) is 8.42 Å². The van der Waals surface area contributed by atoms with Crippen LogP contribution in [-0.4, -0.2) is 46.3 Å². The highest BCUT2D eigenvalue weighted by atomic mass is 32.2. The van der Waals surface area contributed by atoms with Crippen LogP contribution < -0.4 is 10.1 Å². The van der Waals surface area contributed by atoms with E-state index in [0.717, 1.165) is 5.56 Å². The van der Waals surface area contributed by atoms with Crippen LogP contribution in [0.5, 0.6) is 5.75 Å². The molecule has 2 rings (SSSR count). The molecule has 3 atom stereocenters. The Morgan fingerprint density at radius 3 is 2.71 bits per heavy atom. The highest BCUT2D eigenvalue weighted by Crippen LogP contribution is 2.29. The molecule has 3 unspecified atom stereocenters. The van der Waals surface area contributed by atoms with E-state index in [4.69, 9.17) is 9.47 Å². The summed E-state index contributed by atoms with van der Waals surface area (Å²) < 4.78 is 36.0. The number of para-hydroxylation sites is 1. The van der Waals surface area contributed by atoms with Gasteiger partial charge < -0.3 is 14.8 Å². The fraction of sp³-hybridized carbons (Fsp3) is 0.600. The van der Waals surface area contributed by atoms with Crippen LogP contribution in [0.4, 0.5) is 0 Å². The Morgan fingerprint density at radius 1 is 1.43 bits per heavy atom. The Balaban J connectivity index is 2.22. The quantitative estimate of drug-likeness (QED) is 0.863. The van der Waals surface area contributed by atoms with Gasteiger partial charge in [0.2, 0.25) is 0 Å². The van der Waals surface area contributed by atoms with Crippen LogP contribution in [-0.2, 0) is 14.6 Å². The zero-order valence-corrected chi connectivity index (χ0v) is 13.5. The molecule has 1 aromatic carbocycles. The average Bonchev–Trinajstić information content (AvgIpc) is 2.92. The second-order valence-electron chi connectivity index (χ2n) is 5.32. The lowest BCUT2D eigenvalue weighted by molar-refractivity contribution is 0.126. The minimum absolute atomic E-state index is 0.0439. The van der Waals surface area contributed by atoms with Crippen molar-refractivity contribution < 1.29 is 17.9 Å². The average molecular weight is 313 g/mol. The Hall–Kier alpha value is -1.11. The fourth-order valence-electron chi connectivity index (χ4n) is 2.82. The molecule has 0 aromatic heterocycles. The van der Waals surface area contributed by atoms with Crippen molar-refractivity contribution in [2.45, 2.75) is 30.7 Å². The van der Waals surface area contributed by atoms with Crippen LogP contribution in [0, 0.1) is 0 Å². The lowest BCUT2D eigenvalue weighted by Gasteiger charge is -2.22. The zero-order valence-electron chi connectivity index (χ0n) is 12.7. The summed E-state index contributed by atoms with van der Waals surface area (Å²) in [6, 6.07) is 7.20. The molecule has 118 valence electrons. The normalized spacial score (nSPS) is 24.0. The van der Waals surface area contributed by atoms with Crippen LogP contribution >= 0.6 is 0 Å². The van der Waals surface area contributed by atoms with E-state index in [1.54, 1.807) is 14.2 Å². The van der Waals surface area contributed by atoms with E-state index >= 15 is 0 Å². The first-order valence-electron chi connectivity index (χ1n) is 7.13. The van der Waals surface area contributed by atoms with Gasteiger partial charge in [-0.2, -0.15) is 0 Å². The molecule has 0 saturated carbocycles. The minimum Gasteiger partial charge on any atom is -0.496 e. The molecule has 0 aliphatic carbocycles. The minimum atomic E-state index is -3.24. The smallest absolute Gasteiger partial charge is 0.157 e. The van der Waals surface area contributed by atoms with Crippen molar-refractivity contribution >= 4 is 9.84 Å². The molecule has 1 heterocycles. The van der Waals surface area contributed by atoms with Crippen molar-refractivity contribution in [2.24, 2.45) is 0 Å². The Labute approximate surface area is 126 Å². The molecular weight excluding hydrogens is 290 g/mol. The van der Waals surface area contributed by atoms with Crippen molar-refractivity contribution in [2.75, 3.05) is 26.5 Å². The molecule has 0 bridgehead atoms. The largest absolute Gasteiger partial charge is 0.496 e. The van der Waals surface area contributed by atoms with Crippen molar-refractivity contribution in [3.05, 3.63) is 29.8 Å². The number of hydrogen-bond donors (Lipinski definition) is 1. The van der Waals surface area contributed by atoms with Crippen LogP contribution in [0.2, 0.25) is 0 Å². The first-order chi connectivity index (χ1) is 9.99. The van der Waals surface area contributed by atoms with E-state index in [-0.39, 0.29) is 17.9 Å². The third-order valence-electron chi connectivity index (χ3n) is 4.03. The molecule has 6 heteroatoms. The van der Waals surface area contributed by atoms with Gasteiger partial charge in [0.05, 0.1) is 24.2 Å². The molecule has 21 heavy (non-hydrogen) atoms. The molecule has 1 fully saturated rings. The van der Waals surface area contributed by atoms with Gasteiger partial charge in [0.25, 0.3) is 0 Å². The molecule has 0 radical (unpaired) electrons. The monoisotopic (exact) mass is 313 g/mol. The Kier molecular flexibility index (Phi) is 5.24. The second-order valence-corrected chi connectivity index (χ2v) is 7.58. The van der Waals surface area contributed by atoms with Gasteiger partial charge in [0.15, 0.2) is 9.84 Å². The lowest BCUT2D eigenvalue weighted by Crippen LogP contribution is -2.35. The van der Waals surface area contributed by atoms with E-state index in [9.17, 15) is 8.42 Å². The van der Waals surface area contributed by atoms with Gasteiger partial charge in [-0.1, -0.05) is 18.2 Å². The molecule has 5 nitrogen and oxygen atoms in total. The van der Waals surface area contributed by atoms with Gasteiger partial charge >= 0.3 is 0 Å². The van der Waals surface area contributed by atoms with Crippen LogP contribution in [0.15, 0.2) is 24.3 Å². The number of sulfone groups is 1. The maximum atomic E-state index is 12.6. The summed E-state index contributed by atoms with van der Waals surface area (Å²) >= 11 is 0. The Bertz CT molecular complexity index is 573. The number of methoxy groups -OCH3 is 1. The van der Waals surface area contributed by atoms with Crippen molar-refractivity contribution in [3.8, 4) is 5.75 Å². The van der Waals surface area contributed by atoms with E-state index in [0.29, 0.717) is 18.8 Å². The van der Waals surface area contributed by atoms with E-state index in [1.807, 2.05) is 31.2 Å². The van der Waals surface area contributed by atoms with Crippen LogP contribution in [0.25, 0.3) is 0 Å². The predicted molar refractivity (Wildman–Crippen MR) is 82.4 cm³/mol. The molecular formula is C15H23NO4S. The molecule has 1 saturated heterocycles. The van der Waals surface area contributed by atoms with Gasteiger partial charge in [-0.3, -0.25) is 0 Å². The summed E-state index contributed by atoms with van der Waals surface area (Å²) in [5, 5.41) is 2.67. The first kappa shape index (κ1) is 16.3. The van der Waals surface area contributed by atoms with Crippen LogP contribution in [0.1, 0.15) is 24.9 Å². The van der Waals surface area contributed by atoms with Crippen molar-refractivity contribution in [3.63, 3.8) is 0 Å². The molecule has 0 spiro atoms. The second kappa shape index (κ2) is 6.77. The van der Waals surface area contributed by atoms with Crippen molar-refractivity contribution in [1.29, 1.82) is 0 Å². The molecule has 1 aliphatic heterocycles.